The Hall–Kier alpha value is -1.23. The molecule has 5 heteroatoms. The summed E-state index contributed by atoms with van der Waals surface area (Å²) < 4.78 is 1.97. The molecule has 1 aromatic heterocycles. The van der Waals surface area contributed by atoms with Gasteiger partial charge in [-0.05, 0) is 25.2 Å². The summed E-state index contributed by atoms with van der Waals surface area (Å²) in [5, 5.41) is 4.59. The molecule has 0 bridgehead atoms. The highest BCUT2D eigenvalue weighted by Crippen LogP contribution is 2.31. The predicted molar refractivity (Wildman–Crippen MR) is 83.0 cm³/mol. The number of hydrogen-bond acceptors (Lipinski definition) is 4. The Morgan fingerprint density at radius 2 is 1.90 bits per heavy atom. The van der Waals surface area contributed by atoms with Crippen molar-refractivity contribution in [2.75, 3.05) is 43.4 Å². The first-order chi connectivity index (χ1) is 9.69. The van der Waals surface area contributed by atoms with Crippen LogP contribution in [0.3, 0.4) is 0 Å². The van der Waals surface area contributed by atoms with Crippen molar-refractivity contribution in [2.45, 2.75) is 32.6 Å². The van der Waals surface area contributed by atoms with Gasteiger partial charge in [0.1, 0.15) is 5.82 Å². The lowest BCUT2D eigenvalue weighted by molar-refractivity contribution is 0.247. The number of aromatic nitrogens is 2. The molecule has 5 nitrogen and oxygen atoms in total. The summed E-state index contributed by atoms with van der Waals surface area (Å²) in [4.78, 5) is 5.01. The summed E-state index contributed by atoms with van der Waals surface area (Å²) in [7, 11) is 2.02. The van der Waals surface area contributed by atoms with E-state index in [0.717, 1.165) is 62.1 Å². The first kappa shape index (κ1) is 13.7. The Bertz CT molecular complexity index is 455. The van der Waals surface area contributed by atoms with Gasteiger partial charge in [0.2, 0.25) is 0 Å². The Morgan fingerprint density at radius 3 is 2.50 bits per heavy atom. The number of piperazine rings is 1. The van der Waals surface area contributed by atoms with Gasteiger partial charge < -0.3 is 10.6 Å². The highest BCUT2D eigenvalue weighted by Gasteiger charge is 2.28. The van der Waals surface area contributed by atoms with E-state index in [1.54, 1.807) is 0 Å². The molecular formula is C15H27N5. The Balaban J connectivity index is 1.64. The molecule has 1 saturated carbocycles. The Labute approximate surface area is 121 Å². The quantitative estimate of drug-likeness (QED) is 0.886. The van der Waals surface area contributed by atoms with Gasteiger partial charge >= 0.3 is 0 Å². The molecule has 1 saturated heterocycles. The average Bonchev–Trinajstić information content (AvgIpc) is 3.19. The van der Waals surface area contributed by atoms with E-state index in [2.05, 4.69) is 21.8 Å². The molecule has 2 fully saturated rings. The van der Waals surface area contributed by atoms with E-state index in [0.29, 0.717) is 0 Å². The minimum atomic E-state index is 0.894. The minimum Gasteiger partial charge on any atom is -0.394 e. The maximum absolute atomic E-state index is 6.31. The smallest absolute Gasteiger partial charge is 0.150 e. The Morgan fingerprint density at radius 1 is 1.20 bits per heavy atom. The largest absolute Gasteiger partial charge is 0.394 e. The summed E-state index contributed by atoms with van der Waals surface area (Å²) in [6.07, 6.45) is 4.95. The molecular weight excluding hydrogens is 250 g/mol. The van der Waals surface area contributed by atoms with E-state index >= 15 is 0 Å². The fourth-order valence-corrected chi connectivity index (χ4v) is 3.19. The zero-order chi connectivity index (χ0) is 14.1. The van der Waals surface area contributed by atoms with Crippen LogP contribution in [0.15, 0.2) is 0 Å². The summed E-state index contributed by atoms with van der Waals surface area (Å²) in [6.45, 7) is 7.93. The second-order valence-electron chi connectivity index (χ2n) is 6.29. The van der Waals surface area contributed by atoms with Gasteiger partial charge in [-0.25, -0.2) is 0 Å². The third-order valence-corrected chi connectivity index (χ3v) is 4.50. The number of anilines is 2. The molecule has 2 N–H and O–H groups in total. The highest BCUT2D eigenvalue weighted by atomic mass is 15.4. The van der Waals surface area contributed by atoms with E-state index in [1.165, 1.54) is 19.4 Å². The molecule has 0 atom stereocenters. The molecule has 2 heterocycles. The van der Waals surface area contributed by atoms with Gasteiger partial charge in [0.15, 0.2) is 0 Å². The average molecular weight is 277 g/mol. The number of rotatable bonds is 5. The van der Waals surface area contributed by atoms with Crippen LogP contribution in [0, 0.1) is 5.92 Å². The molecule has 2 aliphatic rings. The molecule has 0 spiro atoms. The summed E-state index contributed by atoms with van der Waals surface area (Å²) in [6, 6.07) is 0. The molecule has 1 aromatic rings. The van der Waals surface area contributed by atoms with E-state index in [4.69, 9.17) is 5.73 Å². The van der Waals surface area contributed by atoms with Gasteiger partial charge in [-0.2, -0.15) is 5.10 Å². The van der Waals surface area contributed by atoms with Crippen molar-refractivity contribution in [3.8, 4) is 0 Å². The van der Waals surface area contributed by atoms with Crippen molar-refractivity contribution in [1.82, 2.24) is 14.7 Å². The first-order valence-corrected chi connectivity index (χ1v) is 7.97. The van der Waals surface area contributed by atoms with Crippen LogP contribution in [-0.4, -0.2) is 47.4 Å². The van der Waals surface area contributed by atoms with E-state index in [9.17, 15) is 0 Å². The minimum absolute atomic E-state index is 0.894. The predicted octanol–water partition coefficient (Wildman–Crippen LogP) is 1.49. The zero-order valence-electron chi connectivity index (χ0n) is 12.8. The maximum Gasteiger partial charge on any atom is 0.150 e. The summed E-state index contributed by atoms with van der Waals surface area (Å²) >= 11 is 0. The van der Waals surface area contributed by atoms with Gasteiger partial charge in [-0.15, -0.1) is 0 Å². The third-order valence-electron chi connectivity index (χ3n) is 4.50. The number of nitrogen functional groups attached to an aromatic ring is 1. The molecule has 1 aliphatic heterocycles. The molecule has 3 rings (SSSR count). The van der Waals surface area contributed by atoms with E-state index in [-0.39, 0.29) is 0 Å². The van der Waals surface area contributed by atoms with E-state index < -0.39 is 0 Å². The molecule has 20 heavy (non-hydrogen) atoms. The van der Waals surface area contributed by atoms with Crippen LogP contribution in [0.1, 0.15) is 31.9 Å². The van der Waals surface area contributed by atoms with Crippen molar-refractivity contribution < 1.29 is 0 Å². The monoisotopic (exact) mass is 277 g/mol. The van der Waals surface area contributed by atoms with Crippen molar-refractivity contribution in [3.05, 3.63) is 5.69 Å². The third kappa shape index (κ3) is 2.77. The molecule has 0 aromatic carbocycles. The van der Waals surface area contributed by atoms with Crippen LogP contribution in [0.2, 0.25) is 0 Å². The Kier molecular flexibility index (Phi) is 3.87. The molecule has 0 amide bonds. The normalized spacial score (nSPS) is 20.6. The topological polar surface area (TPSA) is 50.3 Å². The van der Waals surface area contributed by atoms with Gasteiger partial charge in [0.05, 0.1) is 11.4 Å². The standard InChI is InChI=1S/C15H27N5/c1-3-4-13-14(16)15(18(2)17-13)20-9-7-19(8-10-20)11-12-5-6-12/h12H,3-11,16H2,1-2H3. The number of hydrogen-bond donors (Lipinski definition) is 1. The van der Waals surface area contributed by atoms with Crippen molar-refractivity contribution in [1.29, 1.82) is 0 Å². The van der Waals surface area contributed by atoms with Crippen molar-refractivity contribution >= 4 is 11.5 Å². The lowest BCUT2D eigenvalue weighted by Crippen LogP contribution is -2.47. The van der Waals surface area contributed by atoms with Gasteiger partial charge in [0, 0.05) is 39.8 Å². The number of nitrogens with zero attached hydrogens (tertiary/aromatic N) is 4. The number of nitrogens with two attached hydrogens (primary N) is 1. The highest BCUT2D eigenvalue weighted by molar-refractivity contribution is 5.66. The van der Waals surface area contributed by atoms with Crippen LogP contribution in [0.25, 0.3) is 0 Å². The van der Waals surface area contributed by atoms with Crippen molar-refractivity contribution in [2.24, 2.45) is 13.0 Å². The van der Waals surface area contributed by atoms with Crippen LogP contribution in [0.5, 0.6) is 0 Å². The van der Waals surface area contributed by atoms with Gasteiger partial charge in [-0.1, -0.05) is 13.3 Å². The first-order valence-electron chi connectivity index (χ1n) is 7.97. The molecule has 0 radical (unpaired) electrons. The second-order valence-corrected chi connectivity index (χ2v) is 6.29. The maximum atomic E-state index is 6.31. The fraction of sp³-hybridized carbons (Fsp3) is 0.800. The molecule has 0 unspecified atom stereocenters. The lowest BCUT2D eigenvalue weighted by Gasteiger charge is -2.36. The number of aryl methyl sites for hydroxylation is 2. The van der Waals surface area contributed by atoms with Crippen LogP contribution in [-0.2, 0) is 13.5 Å². The zero-order valence-corrected chi connectivity index (χ0v) is 12.8. The second kappa shape index (κ2) is 5.64. The lowest BCUT2D eigenvalue weighted by atomic mass is 10.2. The van der Waals surface area contributed by atoms with Crippen molar-refractivity contribution in [3.63, 3.8) is 0 Å². The van der Waals surface area contributed by atoms with Gasteiger partial charge in [-0.3, -0.25) is 9.58 Å². The fourth-order valence-electron chi connectivity index (χ4n) is 3.19. The van der Waals surface area contributed by atoms with Crippen LogP contribution < -0.4 is 10.6 Å². The van der Waals surface area contributed by atoms with Crippen LogP contribution in [0.4, 0.5) is 11.5 Å². The molecule has 1 aliphatic carbocycles. The summed E-state index contributed by atoms with van der Waals surface area (Å²) in [5.74, 6) is 2.11. The summed E-state index contributed by atoms with van der Waals surface area (Å²) in [5.41, 5.74) is 8.26. The van der Waals surface area contributed by atoms with E-state index in [1.807, 2.05) is 11.7 Å². The molecule has 112 valence electrons. The SMILES string of the molecule is CCCc1nn(C)c(N2CCN(CC3CC3)CC2)c1N. The van der Waals surface area contributed by atoms with Gasteiger partial charge in [0.25, 0.3) is 0 Å². The van der Waals surface area contributed by atoms with Crippen LogP contribution >= 0.6 is 0 Å².